The fraction of sp³-hybridized carbons (Fsp3) is 0. The Morgan fingerprint density at radius 2 is 1.90 bits per heavy atom. The summed E-state index contributed by atoms with van der Waals surface area (Å²) < 4.78 is 5.46. The predicted octanol–water partition coefficient (Wildman–Crippen LogP) is 2.19. The molecule has 0 aliphatic rings. The number of carboxylic acid groups (broad SMARTS) is 1. The van der Waals surface area contributed by atoms with Gasteiger partial charge in [0.15, 0.2) is 5.58 Å². The van der Waals surface area contributed by atoms with Crippen LogP contribution in [-0.4, -0.2) is 26.3 Å². The number of phenolic OH excluding ortho intramolecular Hbond substituents is 1. The summed E-state index contributed by atoms with van der Waals surface area (Å²) in [6.45, 7) is 0. The molecule has 0 bridgehead atoms. The van der Waals surface area contributed by atoms with Crippen LogP contribution in [0.2, 0.25) is 0 Å². The van der Waals surface area contributed by atoms with Crippen LogP contribution in [0, 0.1) is 0 Å². The number of carbonyl (C=O) groups is 1. The van der Waals surface area contributed by atoms with Crippen LogP contribution in [0.15, 0.2) is 34.7 Å². The molecule has 7 heteroatoms. The Kier molecular flexibility index (Phi) is 2.69. The van der Waals surface area contributed by atoms with E-state index in [0.717, 1.165) is 0 Å². The topological polar surface area (TPSA) is 130 Å². The molecule has 0 spiro atoms. The second-order valence-corrected chi connectivity index (χ2v) is 4.43. The minimum Gasteiger partial charge on any atom is -0.507 e. The van der Waals surface area contributed by atoms with Gasteiger partial charge in [-0.2, -0.15) is 0 Å². The molecule has 0 saturated carbocycles. The van der Waals surface area contributed by atoms with Crippen molar-refractivity contribution in [1.82, 2.24) is 4.98 Å². The first-order chi connectivity index (χ1) is 9.95. The molecule has 3 rings (SSSR count). The number of nitrogen functional groups attached to an aromatic ring is 1. The van der Waals surface area contributed by atoms with Crippen molar-refractivity contribution in [2.24, 2.45) is 0 Å². The SMILES string of the molecule is Nc1cc2nc(-c3ccc(C(=O)O)c(O)c3)oc2cc1O. The van der Waals surface area contributed by atoms with E-state index in [9.17, 15) is 15.0 Å². The summed E-state index contributed by atoms with van der Waals surface area (Å²) in [4.78, 5) is 15.0. The van der Waals surface area contributed by atoms with Gasteiger partial charge in [-0.1, -0.05) is 0 Å². The first kappa shape index (κ1) is 12.8. The molecule has 0 saturated heterocycles. The average molecular weight is 286 g/mol. The van der Waals surface area contributed by atoms with Crippen LogP contribution in [0.4, 0.5) is 5.69 Å². The number of benzene rings is 2. The van der Waals surface area contributed by atoms with Gasteiger partial charge in [-0.15, -0.1) is 0 Å². The fourth-order valence-corrected chi connectivity index (χ4v) is 1.95. The van der Waals surface area contributed by atoms with E-state index in [1.165, 1.54) is 30.3 Å². The van der Waals surface area contributed by atoms with Crippen LogP contribution in [0.25, 0.3) is 22.6 Å². The molecule has 3 aromatic rings. The van der Waals surface area contributed by atoms with Gasteiger partial charge in [0.25, 0.3) is 0 Å². The van der Waals surface area contributed by atoms with Crippen LogP contribution >= 0.6 is 0 Å². The van der Waals surface area contributed by atoms with E-state index in [1.807, 2.05) is 0 Å². The van der Waals surface area contributed by atoms with E-state index in [4.69, 9.17) is 15.3 Å². The molecular weight excluding hydrogens is 276 g/mol. The van der Waals surface area contributed by atoms with Crippen molar-refractivity contribution in [3.8, 4) is 23.0 Å². The molecule has 0 aliphatic heterocycles. The minimum atomic E-state index is -1.23. The number of aromatic nitrogens is 1. The first-order valence-electron chi connectivity index (χ1n) is 5.91. The van der Waals surface area contributed by atoms with Gasteiger partial charge in [0, 0.05) is 11.6 Å². The number of oxazole rings is 1. The monoisotopic (exact) mass is 286 g/mol. The summed E-state index contributed by atoms with van der Waals surface area (Å²) in [7, 11) is 0. The third-order valence-electron chi connectivity index (χ3n) is 3.01. The van der Waals surface area contributed by atoms with Crippen LogP contribution in [0.3, 0.4) is 0 Å². The number of phenols is 2. The molecule has 0 atom stereocenters. The lowest BCUT2D eigenvalue weighted by Crippen LogP contribution is -1.96. The highest BCUT2D eigenvalue weighted by atomic mass is 16.4. The van der Waals surface area contributed by atoms with Crippen LogP contribution in [0.5, 0.6) is 11.5 Å². The molecule has 0 fully saturated rings. The zero-order valence-electron chi connectivity index (χ0n) is 10.6. The summed E-state index contributed by atoms with van der Waals surface area (Å²) in [6, 6.07) is 6.78. The third-order valence-corrected chi connectivity index (χ3v) is 3.01. The average Bonchev–Trinajstić information content (AvgIpc) is 2.81. The minimum absolute atomic E-state index is 0.116. The molecular formula is C14H10N2O5. The standard InChI is InChI=1S/C14H10N2O5/c15-8-4-9-12(5-11(8)18)21-13(16-9)6-1-2-7(14(19)20)10(17)3-6/h1-5,17-18H,15H2,(H,19,20). The highest BCUT2D eigenvalue weighted by Crippen LogP contribution is 2.32. The maximum Gasteiger partial charge on any atom is 0.339 e. The largest absolute Gasteiger partial charge is 0.507 e. The molecule has 0 unspecified atom stereocenters. The van der Waals surface area contributed by atoms with Crippen molar-refractivity contribution in [2.75, 3.05) is 5.73 Å². The number of aromatic carboxylic acids is 1. The number of anilines is 1. The molecule has 21 heavy (non-hydrogen) atoms. The van der Waals surface area contributed by atoms with Gasteiger partial charge >= 0.3 is 5.97 Å². The number of hydrogen-bond donors (Lipinski definition) is 4. The zero-order chi connectivity index (χ0) is 15.1. The van der Waals surface area contributed by atoms with Crippen LogP contribution < -0.4 is 5.73 Å². The Morgan fingerprint density at radius 3 is 2.57 bits per heavy atom. The summed E-state index contributed by atoms with van der Waals surface area (Å²) in [5, 5.41) is 28.1. The lowest BCUT2D eigenvalue weighted by Gasteiger charge is -2.00. The Hall–Kier alpha value is -3.22. The maximum atomic E-state index is 10.8. The Balaban J connectivity index is 2.12. The normalized spacial score (nSPS) is 10.9. The molecule has 0 amide bonds. The molecule has 106 valence electrons. The van der Waals surface area contributed by atoms with Crippen molar-refractivity contribution in [3.63, 3.8) is 0 Å². The molecule has 2 aromatic carbocycles. The van der Waals surface area contributed by atoms with Crippen molar-refractivity contribution in [2.45, 2.75) is 0 Å². The fourth-order valence-electron chi connectivity index (χ4n) is 1.95. The third kappa shape index (κ3) is 2.10. The van der Waals surface area contributed by atoms with E-state index in [2.05, 4.69) is 4.98 Å². The lowest BCUT2D eigenvalue weighted by molar-refractivity contribution is 0.0693. The summed E-state index contributed by atoms with van der Waals surface area (Å²) in [6.07, 6.45) is 0. The zero-order valence-corrected chi connectivity index (χ0v) is 10.6. The maximum absolute atomic E-state index is 10.8. The van der Waals surface area contributed by atoms with E-state index < -0.39 is 5.97 Å². The van der Waals surface area contributed by atoms with E-state index in [-0.39, 0.29) is 28.6 Å². The van der Waals surface area contributed by atoms with Gasteiger partial charge in [-0.3, -0.25) is 0 Å². The van der Waals surface area contributed by atoms with Gasteiger partial charge in [0.05, 0.1) is 5.69 Å². The number of nitrogens with two attached hydrogens (primary N) is 1. The van der Waals surface area contributed by atoms with Gasteiger partial charge in [0.1, 0.15) is 22.6 Å². The van der Waals surface area contributed by atoms with Gasteiger partial charge in [0.2, 0.25) is 5.89 Å². The molecule has 7 nitrogen and oxygen atoms in total. The number of hydrogen-bond acceptors (Lipinski definition) is 6. The lowest BCUT2D eigenvalue weighted by atomic mass is 10.1. The quantitative estimate of drug-likeness (QED) is 0.419. The first-order valence-corrected chi connectivity index (χ1v) is 5.91. The number of aromatic hydroxyl groups is 2. The van der Waals surface area contributed by atoms with Crippen LogP contribution in [0.1, 0.15) is 10.4 Å². The van der Waals surface area contributed by atoms with E-state index in [1.54, 1.807) is 0 Å². The van der Waals surface area contributed by atoms with E-state index in [0.29, 0.717) is 16.7 Å². The number of carboxylic acids is 1. The van der Waals surface area contributed by atoms with Crippen LogP contribution in [-0.2, 0) is 0 Å². The predicted molar refractivity (Wildman–Crippen MR) is 74.1 cm³/mol. The van der Waals surface area contributed by atoms with Gasteiger partial charge in [-0.25, -0.2) is 9.78 Å². The Morgan fingerprint density at radius 1 is 1.14 bits per heavy atom. The van der Waals surface area contributed by atoms with Crippen molar-refractivity contribution < 1.29 is 24.5 Å². The molecule has 0 aliphatic carbocycles. The molecule has 0 radical (unpaired) electrons. The molecule has 1 heterocycles. The Labute approximate surface area is 117 Å². The van der Waals surface area contributed by atoms with Gasteiger partial charge in [-0.05, 0) is 24.3 Å². The van der Waals surface area contributed by atoms with Crippen molar-refractivity contribution >= 4 is 22.8 Å². The highest BCUT2D eigenvalue weighted by molar-refractivity contribution is 5.91. The second-order valence-electron chi connectivity index (χ2n) is 4.43. The number of fused-ring (bicyclic) bond motifs is 1. The summed E-state index contributed by atoms with van der Waals surface area (Å²) in [5.74, 6) is -1.55. The molecule has 5 N–H and O–H groups in total. The van der Waals surface area contributed by atoms with Gasteiger partial charge < -0.3 is 25.5 Å². The smallest absolute Gasteiger partial charge is 0.339 e. The highest BCUT2D eigenvalue weighted by Gasteiger charge is 2.14. The summed E-state index contributed by atoms with van der Waals surface area (Å²) in [5.41, 5.74) is 6.72. The second kappa shape index (κ2) is 4.41. The summed E-state index contributed by atoms with van der Waals surface area (Å²) >= 11 is 0. The number of nitrogens with zero attached hydrogens (tertiary/aromatic N) is 1. The van der Waals surface area contributed by atoms with E-state index >= 15 is 0 Å². The van der Waals surface area contributed by atoms with Crippen molar-refractivity contribution in [1.29, 1.82) is 0 Å². The Bertz CT molecular complexity index is 830. The molecule has 1 aromatic heterocycles. The number of rotatable bonds is 2. The van der Waals surface area contributed by atoms with Crippen molar-refractivity contribution in [3.05, 3.63) is 35.9 Å².